The van der Waals surface area contributed by atoms with Crippen LogP contribution in [-0.2, 0) is 13.2 Å². The maximum absolute atomic E-state index is 6.15. The largest absolute Gasteiger partial charge is 0.487 e. The number of hydrogen-bond donors (Lipinski definition) is 1. The smallest absolute Gasteiger partial charge is 0.142 e. The lowest BCUT2D eigenvalue weighted by atomic mass is 10.2. The normalized spacial score (nSPS) is 10.9. The Kier molecular flexibility index (Phi) is 5.59. The third-order valence-corrected chi connectivity index (χ3v) is 3.46. The Morgan fingerprint density at radius 1 is 1.19 bits per heavy atom. The van der Waals surface area contributed by atoms with Gasteiger partial charge in [0.05, 0.1) is 5.69 Å². The van der Waals surface area contributed by atoms with Crippen molar-refractivity contribution in [3.8, 4) is 5.75 Å². The summed E-state index contributed by atoms with van der Waals surface area (Å²) in [6.07, 6.45) is 0. The second-order valence-corrected chi connectivity index (χ2v) is 5.72. The van der Waals surface area contributed by atoms with Gasteiger partial charge in [0.1, 0.15) is 12.4 Å². The van der Waals surface area contributed by atoms with E-state index >= 15 is 0 Å². The molecule has 112 valence electrons. The molecule has 2 rings (SSSR count). The average molecular weight is 305 g/mol. The van der Waals surface area contributed by atoms with E-state index in [4.69, 9.17) is 16.3 Å². The molecule has 0 aliphatic carbocycles. The fourth-order valence-corrected chi connectivity index (χ4v) is 2.12. The number of benzene rings is 1. The summed E-state index contributed by atoms with van der Waals surface area (Å²) in [5.41, 5.74) is 2.89. The second-order valence-electron chi connectivity index (χ2n) is 5.31. The molecule has 0 atom stereocenters. The molecule has 0 aliphatic rings. The highest BCUT2D eigenvalue weighted by Gasteiger charge is 2.08. The fourth-order valence-electron chi connectivity index (χ4n) is 1.93. The minimum atomic E-state index is 0.406. The molecular weight excluding hydrogens is 284 g/mol. The van der Waals surface area contributed by atoms with E-state index in [-0.39, 0.29) is 0 Å². The minimum absolute atomic E-state index is 0.406. The summed E-state index contributed by atoms with van der Waals surface area (Å²) < 4.78 is 5.90. The Morgan fingerprint density at radius 2 is 1.95 bits per heavy atom. The van der Waals surface area contributed by atoms with Crippen LogP contribution in [0.25, 0.3) is 0 Å². The monoisotopic (exact) mass is 304 g/mol. The SMILES string of the molecule is Cc1ccc(OCc2ccccc2Cl)c(CNC(C)C)n1. The van der Waals surface area contributed by atoms with Gasteiger partial charge in [0, 0.05) is 28.9 Å². The van der Waals surface area contributed by atoms with Gasteiger partial charge in [0.2, 0.25) is 0 Å². The van der Waals surface area contributed by atoms with Crippen molar-refractivity contribution in [2.24, 2.45) is 0 Å². The van der Waals surface area contributed by atoms with Crippen LogP contribution in [0.3, 0.4) is 0 Å². The Balaban J connectivity index is 2.10. The summed E-state index contributed by atoms with van der Waals surface area (Å²) in [5.74, 6) is 0.800. The van der Waals surface area contributed by atoms with Crippen molar-refractivity contribution in [1.82, 2.24) is 10.3 Å². The summed E-state index contributed by atoms with van der Waals surface area (Å²) in [6.45, 7) is 7.34. The van der Waals surface area contributed by atoms with Gasteiger partial charge in [-0.3, -0.25) is 4.98 Å². The van der Waals surface area contributed by atoms with Crippen molar-refractivity contribution in [3.63, 3.8) is 0 Å². The van der Waals surface area contributed by atoms with Gasteiger partial charge in [-0.25, -0.2) is 0 Å². The first-order valence-corrected chi connectivity index (χ1v) is 7.50. The van der Waals surface area contributed by atoms with E-state index < -0.39 is 0 Å². The number of pyridine rings is 1. The molecular formula is C17H21ClN2O. The summed E-state index contributed by atoms with van der Waals surface area (Å²) in [7, 11) is 0. The molecule has 4 heteroatoms. The van der Waals surface area contributed by atoms with Crippen LogP contribution in [-0.4, -0.2) is 11.0 Å². The molecule has 1 aromatic carbocycles. The van der Waals surface area contributed by atoms with Gasteiger partial charge in [-0.15, -0.1) is 0 Å². The van der Waals surface area contributed by atoms with Gasteiger partial charge in [-0.05, 0) is 25.1 Å². The zero-order valence-corrected chi connectivity index (χ0v) is 13.4. The molecule has 0 bridgehead atoms. The summed E-state index contributed by atoms with van der Waals surface area (Å²) in [4.78, 5) is 4.56. The van der Waals surface area contributed by atoms with Gasteiger partial charge in [-0.1, -0.05) is 43.6 Å². The van der Waals surface area contributed by atoms with E-state index in [2.05, 4.69) is 24.1 Å². The maximum Gasteiger partial charge on any atom is 0.142 e. The van der Waals surface area contributed by atoms with Crippen molar-refractivity contribution >= 4 is 11.6 Å². The number of rotatable bonds is 6. The van der Waals surface area contributed by atoms with Crippen molar-refractivity contribution in [3.05, 3.63) is 58.4 Å². The lowest BCUT2D eigenvalue weighted by Gasteiger charge is -2.14. The van der Waals surface area contributed by atoms with Crippen molar-refractivity contribution in [1.29, 1.82) is 0 Å². The Hall–Kier alpha value is -1.58. The topological polar surface area (TPSA) is 34.1 Å². The average Bonchev–Trinajstić information content (AvgIpc) is 2.45. The molecule has 3 nitrogen and oxygen atoms in total. The van der Waals surface area contributed by atoms with E-state index in [0.29, 0.717) is 19.2 Å². The molecule has 0 saturated heterocycles. The molecule has 21 heavy (non-hydrogen) atoms. The highest BCUT2D eigenvalue weighted by atomic mass is 35.5. The maximum atomic E-state index is 6.15. The molecule has 1 aromatic heterocycles. The molecule has 0 amide bonds. The molecule has 2 aromatic rings. The van der Waals surface area contributed by atoms with Crippen LogP contribution >= 0.6 is 11.6 Å². The minimum Gasteiger partial charge on any atom is -0.487 e. The third kappa shape index (κ3) is 4.73. The molecule has 0 saturated carbocycles. The molecule has 0 fully saturated rings. The second kappa shape index (κ2) is 7.43. The highest BCUT2D eigenvalue weighted by Crippen LogP contribution is 2.21. The highest BCUT2D eigenvalue weighted by molar-refractivity contribution is 6.31. The van der Waals surface area contributed by atoms with Crippen LogP contribution in [0.15, 0.2) is 36.4 Å². The van der Waals surface area contributed by atoms with Crippen molar-refractivity contribution < 1.29 is 4.74 Å². The quantitative estimate of drug-likeness (QED) is 0.871. The number of aryl methyl sites for hydroxylation is 1. The zero-order valence-electron chi connectivity index (χ0n) is 12.7. The third-order valence-electron chi connectivity index (χ3n) is 3.09. The molecule has 1 heterocycles. The Morgan fingerprint density at radius 3 is 2.67 bits per heavy atom. The van der Waals surface area contributed by atoms with E-state index in [0.717, 1.165) is 27.7 Å². The summed E-state index contributed by atoms with van der Waals surface area (Å²) >= 11 is 6.15. The predicted octanol–water partition coefficient (Wildman–Crippen LogP) is 4.12. The molecule has 0 radical (unpaired) electrons. The predicted molar refractivity (Wildman–Crippen MR) is 86.7 cm³/mol. The van der Waals surface area contributed by atoms with E-state index in [1.54, 1.807) is 0 Å². The lowest BCUT2D eigenvalue weighted by Crippen LogP contribution is -2.23. The summed E-state index contributed by atoms with van der Waals surface area (Å²) in [5, 5.41) is 4.09. The zero-order chi connectivity index (χ0) is 15.2. The van der Waals surface area contributed by atoms with E-state index in [9.17, 15) is 0 Å². The molecule has 1 N–H and O–H groups in total. The number of halogens is 1. The molecule has 0 aliphatic heterocycles. The first-order chi connectivity index (χ1) is 10.1. The molecule has 0 unspecified atom stereocenters. The Bertz CT molecular complexity index is 599. The standard InChI is InChI=1S/C17H21ClN2O/c1-12(2)19-10-16-17(9-8-13(3)20-16)21-11-14-6-4-5-7-15(14)18/h4-9,12,19H,10-11H2,1-3H3. The van der Waals surface area contributed by atoms with Gasteiger partial charge in [0.15, 0.2) is 0 Å². The number of hydrogen-bond acceptors (Lipinski definition) is 3. The van der Waals surface area contributed by atoms with Crippen LogP contribution < -0.4 is 10.1 Å². The lowest BCUT2D eigenvalue weighted by molar-refractivity contribution is 0.299. The van der Waals surface area contributed by atoms with Crippen LogP contribution in [0.1, 0.15) is 30.8 Å². The van der Waals surface area contributed by atoms with Gasteiger partial charge >= 0.3 is 0 Å². The first kappa shape index (κ1) is 15.8. The van der Waals surface area contributed by atoms with Crippen LogP contribution in [0.5, 0.6) is 5.75 Å². The number of nitrogens with one attached hydrogen (secondary N) is 1. The van der Waals surface area contributed by atoms with Gasteiger partial charge < -0.3 is 10.1 Å². The van der Waals surface area contributed by atoms with E-state index in [1.807, 2.05) is 43.3 Å². The number of aromatic nitrogens is 1. The van der Waals surface area contributed by atoms with Gasteiger partial charge in [0.25, 0.3) is 0 Å². The molecule has 0 spiro atoms. The van der Waals surface area contributed by atoms with Crippen LogP contribution in [0.2, 0.25) is 5.02 Å². The summed E-state index contributed by atoms with van der Waals surface area (Å²) in [6, 6.07) is 12.0. The number of nitrogens with zero attached hydrogens (tertiary/aromatic N) is 1. The van der Waals surface area contributed by atoms with E-state index in [1.165, 1.54) is 0 Å². The van der Waals surface area contributed by atoms with Gasteiger partial charge in [-0.2, -0.15) is 0 Å². The van der Waals surface area contributed by atoms with Crippen LogP contribution in [0, 0.1) is 6.92 Å². The number of ether oxygens (including phenoxy) is 1. The Labute approximate surface area is 131 Å². The van der Waals surface area contributed by atoms with Crippen molar-refractivity contribution in [2.75, 3.05) is 0 Å². The van der Waals surface area contributed by atoms with Crippen LogP contribution in [0.4, 0.5) is 0 Å². The fraction of sp³-hybridized carbons (Fsp3) is 0.353. The first-order valence-electron chi connectivity index (χ1n) is 7.12. The van der Waals surface area contributed by atoms with Crippen molar-refractivity contribution in [2.45, 2.75) is 40.0 Å².